The van der Waals surface area contributed by atoms with Crippen LogP contribution in [0, 0.1) is 12.7 Å². The summed E-state index contributed by atoms with van der Waals surface area (Å²) in [5.41, 5.74) is 4.11. The Bertz CT molecular complexity index is 983. The molecule has 3 rings (SSSR count). The number of hydrogen-bond donors (Lipinski definition) is 3. The average Bonchev–Trinajstić information content (AvgIpc) is 3.02. The summed E-state index contributed by atoms with van der Waals surface area (Å²) in [6.45, 7) is 2.22. The van der Waals surface area contributed by atoms with Crippen molar-refractivity contribution in [3.8, 4) is 0 Å². The average molecular weight is 368 g/mol. The summed E-state index contributed by atoms with van der Waals surface area (Å²) in [5.74, 6) is -1.46. The van der Waals surface area contributed by atoms with Gasteiger partial charge in [0.1, 0.15) is 5.82 Å². The van der Waals surface area contributed by atoms with Gasteiger partial charge in [0.15, 0.2) is 5.69 Å². The maximum atomic E-state index is 13.2. The summed E-state index contributed by atoms with van der Waals surface area (Å²) in [6.07, 6.45) is 0. The maximum absolute atomic E-state index is 13.2. The predicted molar refractivity (Wildman–Crippen MR) is 96.1 cm³/mol. The molecule has 0 aliphatic rings. The van der Waals surface area contributed by atoms with Crippen LogP contribution in [0.3, 0.4) is 0 Å². The fraction of sp³-hybridized carbons (Fsp3) is 0.105. The molecule has 138 valence electrons. The van der Waals surface area contributed by atoms with E-state index in [9.17, 15) is 14.0 Å². The largest absolute Gasteiger partial charge is 0.320 e. The molecule has 2 amide bonds. The minimum Gasteiger partial charge on any atom is -0.320 e. The van der Waals surface area contributed by atoms with E-state index in [0.29, 0.717) is 17.8 Å². The molecule has 7 nitrogen and oxygen atoms in total. The topological polar surface area (TPSA) is 96.2 Å². The van der Waals surface area contributed by atoms with Crippen LogP contribution < -0.4 is 10.8 Å². The van der Waals surface area contributed by atoms with Gasteiger partial charge in [0.25, 0.3) is 11.8 Å². The minimum atomic E-state index is -0.590. The molecule has 0 saturated heterocycles. The van der Waals surface area contributed by atoms with Crippen LogP contribution in [0.25, 0.3) is 0 Å². The Morgan fingerprint density at radius 2 is 1.85 bits per heavy atom. The second kappa shape index (κ2) is 7.79. The Balaban J connectivity index is 1.72. The fourth-order valence-electron chi connectivity index (χ4n) is 2.54. The molecule has 0 radical (unpaired) electrons. The van der Waals surface area contributed by atoms with Crippen molar-refractivity contribution in [2.24, 2.45) is 0 Å². The van der Waals surface area contributed by atoms with E-state index in [1.807, 2.05) is 6.92 Å². The monoisotopic (exact) mass is 368 g/mol. The first-order chi connectivity index (χ1) is 13.0. The van der Waals surface area contributed by atoms with Crippen LogP contribution in [0.5, 0.6) is 0 Å². The fourth-order valence-corrected chi connectivity index (χ4v) is 2.54. The third kappa shape index (κ3) is 4.36. The number of carbonyl (C=O) groups is 2. The molecule has 3 aromatic rings. The van der Waals surface area contributed by atoms with Crippen LogP contribution in [-0.2, 0) is 6.54 Å². The van der Waals surface area contributed by atoms with E-state index < -0.39 is 17.6 Å². The lowest BCUT2D eigenvalue weighted by Crippen LogP contribution is -2.18. The number of rotatable bonds is 5. The molecule has 1 aromatic heterocycles. The standard InChI is InChI=1S/C19H17FN4O3/c1-12-9-17(19(26)21-16-4-2-3-15(20)10-16)22-24(12)11-13-5-7-14(8-6-13)18(25)23-27/h2-10,27H,11H2,1H3,(H,21,26)(H,23,25). The second-order valence-electron chi connectivity index (χ2n) is 5.93. The quantitative estimate of drug-likeness (QED) is 0.477. The molecule has 8 heteroatoms. The first-order valence-electron chi connectivity index (χ1n) is 8.11. The van der Waals surface area contributed by atoms with Crippen LogP contribution in [0.4, 0.5) is 10.1 Å². The van der Waals surface area contributed by atoms with Crippen molar-refractivity contribution >= 4 is 17.5 Å². The van der Waals surface area contributed by atoms with Crippen LogP contribution in [-0.4, -0.2) is 26.8 Å². The van der Waals surface area contributed by atoms with Crippen LogP contribution >= 0.6 is 0 Å². The molecule has 0 bridgehead atoms. The highest BCUT2D eigenvalue weighted by atomic mass is 19.1. The van der Waals surface area contributed by atoms with E-state index in [0.717, 1.165) is 11.3 Å². The van der Waals surface area contributed by atoms with E-state index in [-0.39, 0.29) is 5.69 Å². The first-order valence-corrected chi connectivity index (χ1v) is 8.11. The van der Waals surface area contributed by atoms with E-state index in [4.69, 9.17) is 5.21 Å². The van der Waals surface area contributed by atoms with E-state index in [1.165, 1.54) is 18.2 Å². The van der Waals surface area contributed by atoms with Crippen LogP contribution in [0.2, 0.25) is 0 Å². The lowest BCUT2D eigenvalue weighted by Gasteiger charge is -2.06. The lowest BCUT2D eigenvalue weighted by molar-refractivity contribution is 0.0706. The molecule has 0 saturated carbocycles. The Kier molecular flexibility index (Phi) is 5.28. The van der Waals surface area contributed by atoms with Gasteiger partial charge >= 0.3 is 0 Å². The summed E-state index contributed by atoms with van der Waals surface area (Å²) in [5, 5.41) is 15.5. The molecule has 27 heavy (non-hydrogen) atoms. The Morgan fingerprint density at radius 3 is 2.52 bits per heavy atom. The van der Waals surface area contributed by atoms with E-state index >= 15 is 0 Å². The number of carbonyl (C=O) groups excluding carboxylic acids is 2. The molecule has 0 aliphatic carbocycles. The van der Waals surface area contributed by atoms with Gasteiger partial charge in [0.2, 0.25) is 0 Å². The summed E-state index contributed by atoms with van der Waals surface area (Å²) < 4.78 is 14.9. The third-order valence-corrected chi connectivity index (χ3v) is 3.95. The third-order valence-electron chi connectivity index (χ3n) is 3.95. The molecular formula is C19H17FN4O3. The summed E-state index contributed by atoms with van der Waals surface area (Å²) >= 11 is 0. The van der Waals surface area contributed by atoms with Crippen LogP contribution in [0.1, 0.15) is 32.1 Å². The SMILES string of the molecule is Cc1cc(C(=O)Nc2cccc(F)c2)nn1Cc1ccc(C(=O)NO)cc1. The molecule has 0 atom stereocenters. The molecule has 3 N–H and O–H groups in total. The zero-order valence-corrected chi connectivity index (χ0v) is 14.4. The minimum absolute atomic E-state index is 0.216. The highest BCUT2D eigenvalue weighted by Crippen LogP contribution is 2.13. The Morgan fingerprint density at radius 1 is 1.11 bits per heavy atom. The van der Waals surface area contributed by atoms with Gasteiger partial charge in [0, 0.05) is 16.9 Å². The number of hydroxylamine groups is 1. The van der Waals surface area contributed by atoms with Crippen molar-refractivity contribution in [1.29, 1.82) is 0 Å². The zero-order chi connectivity index (χ0) is 19.4. The van der Waals surface area contributed by atoms with Gasteiger partial charge in [-0.2, -0.15) is 5.10 Å². The number of nitrogens with one attached hydrogen (secondary N) is 2. The highest BCUT2D eigenvalue weighted by molar-refractivity contribution is 6.02. The summed E-state index contributed by atoms with van der Waals surface area (Å²) in [4.78, 5) is 23.7. The number of benzene rings is 2. The van der Waals surface area contributed by atoms with Crippen molar-refractivity contribution in [3.05, 3.63) is 82.9 Å². The van der Waals surface area contributed by atoms with Crippen molar-refractivity contribution < 1.29 is 19.2 Å². The van der Waals surface area contributed by atoms with Crippen molar-refractivity contribution in [1.82, 2.24) is 15.3 Å². The second-order valence-corrected chi connectivity index (χ2v) is 5.93. The first kappa shape index (κ1) is 18.3. The molecular weight excluding hydrogens is 351 g/mol. The van der Waals surface area contributed by atoms with Crippen LogP contribution in [0.15, 0.2) is 54.6 Å². The normalized spacial score (nSPS) is 10.5. The smallest absolute Gasteiger partial charge is 0.276 e. The van der Waals surface area contributed by atoms with Crippen molar-refractivity contribution in [2.45, 2.75) is 13.5 Å². The Labute approximate surface area is 154 Å². The Hall–Kier alpha value is -3.52. The summed E-state index contributed by atoms with van der Waals surface area (Å²) in [6, 6.07) is 13.9. The van der Waals surface area contributed by atoms with Gasteiger partial charge in [-0.05, 0) is 48.9 Å². The molecule has 0 spiro atoms. The van der Waals surface area contributed by atoms with Gasteiger partial charge in [0.05, 0.1) is 6.54 Å². The number of amides is 2. The molecule has 0 aliphatic heterocycles. The predicted octanol–water partition coefficient (Wildman–Crippen LogP) is 2.75. The molecule has 0 unspecified atom stereocenters. The molecule has 1 heterocycles. The van der Waals surface area contributed by atoms with E-state index in [1.54, 1.807) is 46.6 Å². The van der Waals surface area contributed by atoms with Crippen molar-refractivity contribution in [3.63, 3.8) is 0 Å². The molecule has 2 aromatic carbocycles. The number of aryl methyl sites for hydroxylation is 1. The van der Waals surface area contributed by atoms with Gasteiger partial charge in [-0.3, -0.25) is 19.5 Å². The van der Waals surface area contributed by atoms with Gasteiger partial charge in [-0.15, -0.1) is 0 Å². The number of aromatic nitrogens is 2. The number of halogens is 1. The number of nitrogens with zero attached hydrogens (tertiary/aromatic N) is 2. The lowest BCUT2D eigenvalue weighted by atomic mass is 10.1. The van der Waals surface area contributed by atoms with Gasteiger partial charge < -0.3 is 5.32 Å². The highest BCUT2D eigenvalue weighted by Gasteiger charge is 2.13. The maximum Gasteiger partial charge on any atom is 0.276 e. The number of anilines is 1. The number of hydrogen-bond acceptors (Lipinski definition) is 4. The summed E-state index contributed by atoms with van der Waals surface area (Å²) in [7, 11) is 0. The van der Waals surface area contributed by atoms with E-state index in [2.05, 4.69) is 10.4 Å². The van der Waals surface area contributed by atoms with Crippen molar-refractivity contribution in [2.75, 3.05) is 5.32 Å². The zero-order valence-electron chi connectivity index (χ0n) is 14.4. The van der Waals surface area contributed by atoms with Gasteiger partial charge in [-0.1, -0.05) is 18.2 Å². The van der Waals surface area contributed by atoms with Gasteiger partial charge in [-0.25, -0.2) is 9.87 Å². The molecule has 0 fully saturated rings.